The molecule has 0 saturated carbocycles. The zero-order chi connectivity index (χ0) is 19.2. The molecule has 0 spiro atoms. The number of rotatable bonds is 7. The molecule has 0 atom stereocenters. The van der Waals surface area contributed by atoms with Crippen LogP contribution in [0.4, 0.5) is 0 Å². The minimum atomic E-state index is 0.465. The quantitative estimate of drug-likeness (QED) is 0.490. The summed E-state index contributed by atoms with van der Waals surface area (Å²) in [6.07, 6.45) is 0. The number of hydrogen-bond donors (Lipinski definition) is 1. The molecule has 0 radical (unpaired) electrons. The Hall–Kier alpha value is -2.00. The maximum atomic E-state index is 6.40. The number of ether oxygens (including phenoxy) is 1. The van der Waals surface area contributed by atoms with E-state index in [0.717, 1.165) is 17.7 Å². The maximum Gasteiger partial charge on any atom is 0.142 e. The Morgan fingerprint density at radius 3 is 2.00 bits per heavy atom. The average Bonchev–Trinajstić information content (AvgIpc) is 2.64. The normalized spacial score (nSPS) is 10.8. The largest absolute Gasteiger partial charge is 0.487 e. The molecule has 140 valence electrons. The fourth-order valence-corrected chi connectivity index (χ4v) is 3.38. The standard InChI is InChI=1S/C23H23Cl2NO/c1-16-3-7-18(8-4-16)13-26-14-20-11-21(24)12-22(25)23(20)27-15-19-9-5-17(2)6-10-19/h3-12,26H,13-15H2,1-2H3. The SMILES string of the molecule is Cc1ccc(CNCc2cc(Cl)cc(Cl)c2OCc2ccc(C)cc2)cc1. The van der Waals surface area contributed by atoms with Crippen LogP contribution in [0, 0.1) is 13.8 Å². The van der Waals surface area contributed by atoms with Gasteiger partial charge in [0.15, 0.2) is 0 Å². The summed E-state index contributed by atoms with van der Waals surface area (Å²) in [5.74, 6) is 0.679. The third kappa shape index (κ3) is 5.74. The van der Waals surface area contributed by atoms with Crippen molar-refractivity contribution < 1.29 is 4.74 Å². The van der Waals surface area contributed by atoms with Gasteiger partial charge in [0, 0.05) is 23.7 Å². The number of halogens is 2. The maximum absolute atomic E-state index is 6.40. The zero-order valence-corrected chi connectivity index (χ0v) is 17.1. The summed E-state index contributed by atoms with van der Waals surface area (Å²) in [4.78, 5) is 0. The van der Waals surface area contributed by atoms with Gasteiger partial charge in [0.05, 0.1) is 5.02 Å². The molecule has 4 heteroatoms. The number of nitrogens with one attached hydrogen (secondary N) is 1. The topological polar surface area (TPSA) is 21.3 Å². The average molecular weight is 400 g/mol. The first-order valence-electron chi connectivity index (χ1n) is 8.94. The third-order valence-corrected chi connectivity index (χ3v) is 4.85. The van der Waals surface area contributed by atoms with Crippen LogP contribution in [0.15, 0.2) is 60.7 Å². The van der Waals surface area contributed by atoms with Gasteiger partial charge in [0.2, 0.25) is 0 Å². The summed E-state index contributed by atoms with van der Waals surface area (Å²) >= 11 is 12.6. The predicted molar refractivity (Wildman–Crippen MR) is 114 cm³/mol. The van der Waals surface area contributed by atoms with E-state index in [1.807, 2.05) is 6.07 Å². The van der Waals surface area contributed by atoms with E-state index in [-0.39, 0.29) is 0 Å². The second-order valence-electron chi connectivity index (χ2n) is 6.74. The Balaban J connectivity index is 1.67. The van der Waals surface area contributed by atoms with E-state index in [0.29, 0.717) is 28.9 Å². The molecule has 3 aromatic carbocycles. The lowest BCUT2D eigenvalue weighted by Gasteiger charge is -2.15. The second-order valence-corrected chi connectivity index (χ2v) is 7.58. The molecule has 0 heterocycles. The van der Waals surface area contributed by atoms with E-state index >= 15 is 0 Å². The molecule has 0 aromatic heterocycles. The highest BCUT2D eigenvalue weighted by Gasteiger charge is 2.11. The monoisotopic (exact) mass is 399 g/mol. The molecule has 0 bridgehead atoms. The van der Waals surface area contributed by atoms with Crippen molar-refractivity contribution in [3.05, 3.63) is 98.5 Å². The van der Waals surface area contributed by atoms with Gasteiger partial charge in [-0.15, -0.1) is 0 Å². The van der Waals surface area contributed by atoms with E-state index in [9.17, 15) is 0 Å². The fourth-order valence-electron chi connectivity index (χ4n) is 2.79. The first-order chi connectivity index (χ1) is 13.0. The number of aryl methyl sites for hydroxylation is 2. The Kier molecular flexibility index (Phi) is 6.78. The number of hydrogen-bond acceptors (Lipinski definition) is 2. The van der Waals surface area contributed by atoms with Crippen LogP contribution in [0.2, 0.25) is 10.0 Å². The van der Waals surface area contributed by atoms with Gasteiger partial charge in [0.25, 0.3) is 0 Å². The molecule has 1 N–H and O–H groups in total. The molecule has 0 aliphatic carbocycles. The van der Waals surface area contributed by atoms with Crippen LogP contribution in [0.5, 0.6) is 5.75 Å². The molecule has 0 amide bonds. The van der Waals surface area contributed by atoms with E-state index in [1.165, 1.54) is 16.7 Å². The van der Waals surface area contributed by atoms with Gasteiger partial charge in [0.1, 0.15) is 12.4 Å². The van der Waals surface area contributed by atoms with Crippen molar-refractivity contribution >= 4 is 23.2 Å². The van der Waals surface area contributed by atoms with Gasteiger partial charge in [-0.2, -0.15) is 0 Å². The minimum absolute atomic E-state index is 0.465. The second kappa shape index (κ2) is 9.27. The first-order valence-corrected chi connectivity index (χ1v) is 9.69. The Morgan fingerprint density at radius 1 is 0.778 bits per heavy atom. The molecule has 0 unspecified atom stereocenters. The van der Waals surface area contributed by atoms with E-state index in [1.54, 1.807) is 6.07 Å². The van der Waals surface area contributed by atoms with Crippen LogP contribution >= 0.6 is 23.2 Å². The van der Waals surface area contributed by atoms with Gasteiger partial charge in [-0.1, -0.05) is 82.9 Å². The Morgan fingerprint density at radius 2 is 1.37 bits per heavy atom. The van der Waals surface area contributed by atoms with Crippen molar-refractivity contribution in [2.45, 2.75) is 33.5 Å². The molecule has 3 rings (SSSR count). The van der Waals surface area contributed by atoms with Crippen molar-refractivity contribution in [2.75, 3.05) is 0 Å². The van der Waals surface area contributed by atoms with Crippen LogP contribution in [-0.4, -0.2) is 0 Å². The van der Waals surface area contributed by atoms with E-state index < -0.39 is 0 Å². The van der Waals surface area contributed by atoms with Crippen molar-refractivity contribution in [1.82, 2.24) is 5.32 Å². The Labute approximate surface area is 171 Å². The van der Waals surface area contributed by atoms with Crippen molar-refractivity contribution in [2.24, 2.45) is 0 Å². The van der Waals surface area contributed by atoms with Crippen LogP contribution in [-0.2, 0) is 19.7 Å². The lowest BCUT2D eigenvalue weighted by Crippen LogP contribution is -2.14. The lowest BCUT2D eigenvalue weighted by atomic mass is 10.1. The molecular formula is C23H23Cl2NO. The molecule has 2 nitrogen and oxygen atoms in total. The fraction of sp³-hybridized carbons (Fsp3) is 0.217. The smallest absolute Gasteiger partial charge is 0.142 e. The predicted octanol–water partition coefficient (Wildman–Crippen LogP) is 6.48. The van der Waals surface area contributed by atoms with Crippen LogP contribution in [0.1, 0.15) is 27.8 Å². The highest BCUT2D eigenvalue weighted by molar-refractivity contribution is 6.35. The lowest BCUT2D eigenvalue weighted by molar-refractivity contribution is 0.302. The van der Waals surface area contributed by atoms with Gasteiger partial charge >= 0.3 is 0 Å². The third-order valence-electron chi connectivity index (χ3n) is 4.35. The van der Waals surface area contributed by atoms with Gasteiger partial charge in [-0.25, -0.2) is 0 Å². The summed E-state index contributed by atoms with van der Waals surface area (Å²) in [6, 6.07) is 20.4. The minimum Gasteiger partial charge on any atom is -0.487 e. The van der Waals surface area contributed by atoms with E-state index in [4.69, 9.17) is 27.9 Å². The highest BCUT2D eigenvalue weighted by atomic mass is 35.5. The summed E-state index contributed by atoms with van der Waals surface area (Å²) in [5, 5.41) is 4.58. The number of benzene rings is 3. The Bertz CT molecular complexity index is 890. The molecule has 0 aliphatic heterocycles. The van der Waals surface area contributed by atoms with Gasteiger partial charge < -0.3 is 10.1 Å². The molecule has 0 saturated heterocycles. The van der Waals surface area contributed by atoms with Crippen LogP contribution < -0.4 is 10.1 Å². The summed E-state index contributed by atoms with van der Waals surface area (Å²) in [6.45, 7) is 6.01. The van der Waals surface area contributed by atoms with Gasteiger partial charge in [-0.3, -0.25) is 0 Å². The zero-order valence-electron chi connectivity index (χ0n) is 15.6. The summed E-state index contributed by atoms with van der Waals surface area (Å²) in [5.41, 5.74) is 5.77. The van der Waals surface area contributed by atoms with Gasteiger partial charge in [-0.05, 0) is 37.1 Å². The molecule has 27 heavy (non-hydrogen) atoms. The summed E-state index contributed by atoms with van der Waals surface area (Å²) in [7, 11) is 0. The molecule has 0 aliphatic rings. The molecular weight excluding hydrogens is 377 g/mol. The highest BCUT2D eigenvalue weighted by Crippen LogP contribution is 2.33. The van der Waals surface area contributed by atoms with Crippen molar-refractivity contribution in [3.8, 4) is 5.75 Å². The van der Waals surface area contributed by atoms with Crippen LogP contribution in [0.3, 0.4) is 0 Å². The summed E-state index contributed by atoms with van der Waals surface area (Å²) < 4.78 is 6.04. The first kappa shape index (κ1) is 19.8. The van der Waals surface area contributed by atoms with Crippen molar-refractivity contribution in [3.63, 3.8) is 0 Å². The van der Waals surface area contributed by atoms with Crippen molar-refractivity contribution in [1.29, 1.82) is 0 Å². The molecule has 0 fully saturated rings. The van der Waals surface area contributed by atoms with Crippen LogP contribution in [0.25, 0.3) is 0 Å². The van der Waals surface area contributed by atoms with E-state index in [2.05, 4.69) is 67.7 Å². The molecule has 3 aromatic rings.